The third-order valence-electron chi connectivity index (χ3n) is 4.71. The van der Waals surface area contributed by atoms with Crippen LogP contribution in [0.25, 0.3) is 21.8 Å². The molecule has 0 saturated heterocycles. The highest BCUT2D eigenvalue weighted by molar-refractivity contribution is 6.31. The van der Waals surface area contributed by atoms with Crippen molar-refractivity contribution < 1.29 is 24.6 Å². The quantitative estimate of drug-likeness (QED) is 0.0869. The number of aromatic amines is 2. The number of rotatable bonds is 5. The van der Waals surface area contributed by atoms with Gasteiger partial charge in [0.05, 0.1) is 11.0 Å². The number of aromatic nitrogens is 2. The summed E-state index contributed by atoms with van der Waals surface area (Å²) in [6.45, 7) is 1.28. The van der Waals surface area contributed by atoms with Gasteiger partial charge in [-0.15, -0.1) is 20.5 Å². The molecule has 0 unspecified atom stereocenters. The van der Waals surface area contributed by atoms with E-state index in [0.717, 1.165) is 0 Å². The van der Waals surface area contributed by atoms with E-state index >= 15 is 0 Å². The maximum atomic E-state index is 11.5. The number of hydrogen-bond acceptors (Lipinski definition) is 8. The Hall–Kier alpha value is -4.33. The minimum atomic E-state index is -0.602. The van der Waals surface area contributed by atoms with Crippen LogP contribution in [0, 0.1) is 0 Å². The molecule has 2 aromatic carbocycles. The van der Waals surface area contributed by atoms with Crippen LogP contribution in [0.15, 0.2) is 56.9 Å². The zero-order valence-electron chi connectivity index (χ0n) is 19.1. The van der Waals surface area contributed by atoms with Crippen molar-refractivity contribution in [2.45, 2.75) is 19.8 Å². The third-order valence-corrected chi connectivity index (χ3v) is 5.18. The van der Waals surface area contributed by atoms with Crippen molar-refractivity contribution in [1.29, 1.82) is 0 Å². The zero-order valence-corrected chi connectivity index (χ0v) is 20.6. The molecule has 7 N–H and O–H groups in total. The molecule has 0 aliphatic rings. The van der Waals surface area contributed by atoms with Crippen molar-refractivity contribution in [1.82, 2.24) is 15.4 Å². The fourth-order valence-electron chi connectivity index (χ4n) is 3.04. The number of carbonyl (C=O) groups excluding carboxylic acids is 3. The molecule has 37 heavy (non-hydrogen) atoms. The number of hydrazine groups is 1. The van der Waals surface area contributed by atoms with Crippen molar-refractivity contribution in [3.05, 3.63) is 46.4 Å². The lowest BCUT2D eigenvalue weighted by Gasteiger charge is -1.95. The first-order chi connectivity index (χ1) is 17.6. The average Bonchev–Trinajstić information content (AvgIpc) is 3.34. The van der Waals surface area contributed by atoms with Gasteiger partial charge in [-0.05, 0) is 36.4 Å². The first kappa shape index (κ1) is 27.3. The molecule has 0 fully saturated rings. The van der Waals surface area contributed by atoms with Gasteiger partial charge in [0.1, 0.15) is 0 Å². The van der Waals surface area contributed by atoms with Gasteiger partial charge in [0.15, 0.2) is 11.4 Å². The largest absolute Gasteiger partial charge is 0.493 e. The Kier molecular flexibility index (Phi) is 8.90. The highest BCUT2D eigenvalue weighted by Crippen LogP contribution is 2.37. The lowest BCUT2D eigenvalue weighted by atomic mass is 10.2. The fourth-order valence-corrected chi connectivity index (χ4v) is 3.39. The molecule has 0 radical (unpaired) electrons. The van der Waals surface area contributed by atoms with Crippen LogP contribution in [0.1, 0.15) is 19.8 Å². The summed E-state index contributed by atoms with van der Waals surface area (Å²) >= 11 is 11.7. The second kappa shape index (κ2) is 12.1. The molecule has 4 rings (SSSR count). The highest BCUT2D eigenvalue weighted by Gasteiger charge is 2.12. The molecule has 0 aliphatic carbocycles. The first-order valence-electron chi connectivity index (χ1n) is 10.5. The molecule has 15 heteroatoms. The number of carbonyl (C=O) groups is 3. The molecule has 0 atom stereocenters. The van der Waals surface area contributed by atoms with E-state index in [-0.39, 0.29) is 36.0 Å². The van der Waals surface area contributed by atoms with Crippen LogP contribution in [0.3, 0.4) is 0 Å². The van der Waals surface area contributed by atoms with Gasteiger partial charge in [-0.25, -0.2) is 5.84 Å². The normalized spacial score (nSPS) is 11.2. The standard InChI is InChI=1S/C12H12ClN5O3.C10H8ClN3O2/c13-6-1-2-8-7(5-6)11(12(21)15-8)18-17-10(20)4-3-9(19)16-14;1-5(15)13-14-9-7-4-6(11)2-3-8(7)12-10(9)16/h1-2,5,15,21H,3-4,14H2,(H,16,19);2-4,12,16H,1H3. The number of fused-ring (bicyclic) bond motifs is 2. The third kappa shape index (κ3) is 7.10. The SMILES string of the molecule is CC(=O)N=Nc1c(O)[nH]c2ccc(Cl)cc12.NNC(=O)CCC(=O)N=Nc1c(O)[nH]c2ccc(Cl)cc12. The molecule has 2 heterocycles. The number of amides is 3. The smallest absolute Gasteiger partial charge is 0.265 e. The first-order valence-corrected chi connectivity index (χ1v) is 11.2. The molecule has 13 nitrogen and oxygen atoms in total. The number of azo groups is 2. The number of H-pyrrole nitrogens is 2. The summed E-state index contributed by atoms with van der Waals surface area (Å²) in [6, 6.07) is 9.95. The minimum absolute atomic E-state index is 0.0833. The molecule has 0 spiro atoms. The van der Waals surface area contributed by atoms with Gasteiger partial charge in [0.25, 0.3) is 11.8 Å². The summed E-state index contributed by atoms with van der Waals surface area (Å²) in [6.07, 6.45) is -0.212. The average molecular weight is 547 g/mol. The molecule has 4 aromatic rings. The van der Waals surface area contributed by atoms with Crippen molar-refractivity contribution in [2.24, 2.45) is 26.3 Å². The van der Waals surface area contributed by atoms with E-state index in [4.69, 9.17) is 29.0 Å². The van der Waals surface area contributed by atoms with Crippen molar-refractivity contribution in [2.75, 3.05) is 0 Å². The molecule has 0 bridgehead atoms. The van der Waals surface area contributed by atoms with Gasteiger partial charge in [0.2, 0.25) is 17.7 Å². The Bertz CT molecular complexity index is 1540. The van der Waals surface area contributed by atoms with Crippen LogP contribution in [0.4, 0.5) is 11.4 Å². The summed E-state index contributed by atoms with van der Waals surface area (Å²) in [5.74, 6) is 3.03. The molecule has 0 saturated carbocycles. The molecular formula is C22H20Cl2N8O5. The molecule has 3 amide bonds. The van der Waals surface area contributed by atoms with Crippen LogP contribution in [0.5, 0.6) is 11.8 Å². The van der Waals surface area contributed by atoms with Gasteiger partial charge in [-0.3, -0.25) is 19.8 Å². The predicted octanol–water partition coefficient (Wildman–Crippen LogP) is 5.06. The Morgan fingerprint density at radius 1 is 0.865 bits per heavy atom. The van der Waals surface area contributed by atoms with Crippen LogP contribution >= 0.6 is 23.2 Å². The van der Waals surface area contributed by atoms with E-state index < -0.39 is 17.7 Å². The van der Waals surface area contributed by atoms with E-state index in [0.29, 0.717) is 31.9 Å². The van der Waals surface area contributed by atoms with Gasteiger partial charge in [0, 0.05) is 40.6 Å². The lowest BCUT2D eigenvalue weighted by Crippen LogP contribution is -2.30. The Balaban J connectivity index is 0.000000213. The molecule has 192 valence electrons. The Labute approximate surface area is 218 Å². The highest BCUT2D eigenvalue weighted by atomic mass is 35.5. The van der Waals surface area contributed by atoms with Gasteiger partial charge in [-0.2, -0.15) is 0 Å². The second-order valence-corrected chi connectivity index (χ2v) is 8.28. The fraction of sp³-hybridized carbons (Fsp3) is 0.136. The van der Waals surface area contributed by atoms with E-state index in [1.807, 2.05) is 5.43 Å². The summed E-state index contributed by atoms with van der Waals surface area (Å²) in [7, 11) is 0. The maximum absolute atomic E-state index is 11.5. The van der Waals surface area contributed by atoms with Crippen molar-refractivity contribution >= 4 is 74.1 Å². The molecule has 0 aliphatic heterocycles. The number of nitrogens with one attached hydrogen (secondary N) is 3. The van der Waals surface area contributed by atoms with Gasteiger partial charge >= 0.3 is 0 Å². The Morgan fingerprint density at radius 3 is 1.81 bits per heavy atom. The van der Waals surface area contributed by atoms with Crippen LogP contribution in [-0.2, 0) is 14.4 Å². The number of halogens is 2. The number of benzene rings is 2. The van der Waals surface area contributed by atoms with Crippen LogP contribution < -0.4 is 11.3 Å². The van der Waals surface area contributed by atoms with Crippen LogP contribution in [-0.4, -0.2) is 37.9 Å². The summed E-state index contributed by atoms with van der Waals surface area (Å²) < 4.78 is 0. The summed E-state index contributed by atoms with van der Waals surface area (Å²) in [4.78, 5) is 38.4. The van der Waals surface area contributed by atoms with Crippen molar-refractivity contribution in [3.8, 4) is 11.8 Å². The van der Waals surface area contributed by atoms with E-state index in [2.05, 4.69) is 30.4 Å². The monoisotopic (exact) mass is 546 g/mol. The topological polar surface area (TPSA) is 211 Å². The zero-order chi connectivity index (χ0) is 27.1. The number of hydrogen-bond donors (Lipinski definition) is 6. The van der Waals surface area contributed by atoms with Gasteiger partial charge in [-0.1, -0.05) is 23.2 Å². The van der Waals surface area contributed by atoms with E-state index in [1.54, 1.807) is 36.4 Å². The second-order valence-electron chi connectivity index (χ2n) is 7.40. The number of nitrogens with two attached hydrogens (primary N) is 1. The van der Waals surface area contributed by atoms with E-state index in [1.165, 1.54) is 6.92 Å². The number of aromatic hydroxyl groups is 2. The lowest BCUT2D eigenvalue weighted by molar-refractivity contribution is -0.125. The van der Waals surface area contributed by atoms with Crippen molar-refractivity contribution in [3.63, 3.8) is 0 Å². The minimum Gasteiger partial charge on any atom is -0.493 e. The number of nitrogens with zero attached hydrogens (tertiary/aromatic N) is 4. The molecule has 2 aromatic heterocycles. The van der Waals surface area contributed by atoms with Crippen LogP contribution in [0.2, 0.25) is 10.0 Å². The maximum Gasteiger partial charge on any atom is 0.265 e. The summed E-state index contributed by atoms with van der Waals surface area (Å²) in [5.41, 5.74) is 3.53. The Morgan fingerprint density at radius 2 is 1.35 bits per heavy atom. The predicted molar refractivity (Wildman–Crippen MR) is 136 cm³/mol. The van der Waals surface area contributed by atoms with Gasteiger partial charge < -0.3 is 20.2 Å². The van der Waals surface area contributed by atoms with E-state index in [9.17, 15) is 24.6 Å². The molecular weight excluding hydrogens is 527 g/mol. The summed E-state index contributed by atoms with van der Waals surface area (Å²) in [5, 5.41) is 35.7.